The molecule has 0 unspecified atom stereocenters. The number of hydrogen-bond donors (Lipinski definition) is 2. The van der Waals surface area contributed by atoms with E-state index in [0.717, 1.165) is 23.4 Å². The molecule has 1 fully saturated rings. The predicted octanol–water partition coefficient (Wildman–Crippen LogP) is 4.72. The van der Waals surface area contributed by atoms with Crippen molar-refractivity contribution in [3.63, 3.8) is 0 Å². The van der Waals surface area contributed by atoms with Gasteiger partial charge in [-0.25, -0.2) is 0 Å². The molecule has 0 saturated heterocycles. The number of nitrogens with one attached hydrogen (secondary N) is 2. The Labute approximate surface area is 177 Å². The Morgan fingerprint density at radius 1 is 1.13 bits per heavy atom. The van der Waals surface area contributed by atoms with E-state index < -0.39 is 4.92 Å². The van der Waals surface area contributed by atoms with Crippen LogP contribution in [0.5, 0.6) is 0 Å². The summed E-state index contributed by atoms with van der Waals surface area (Å²) in [6, 6.07) is 13.4. The molecule has 3 rings (SSSR count). The van der Waals surface area contributed by atoms with Crippen molar-refractivity contribution in [3.05, 3.63) is 63.7 Å². The van der Waals surface area contributed by atoms with E-state index in [1.165, 1.54) is 38.2 Å². The summed E-state index contributed by atoms with van der Waals surface area (Å²) in [5.74, 6) is -0.322. The molecule has 0 radical (unpaired) electrons. The summed E-state index contributed by atoms with van der Waals surface area (Å²) < 4.78 is 0. The molecule has 0 aromatic heterocycles. The molecular formula is C23H30N4O3. The topological polar surface area (TPSA) is 87.5 Å². The Hall–Kier alpha value is -2.93. The molecule has 2 N–H and O–H groups in total. The zero-order valence-electron chi connectivity index (χ0n) is 17.7. The first-order valence-corrected chi connectivity index (χ1v) is 10.5. The lowest BCUT2D eigenvalue weighted by Gasteiger charge is -2.31. The molecule has 0 spiro atoms. The quantitative estimate of drug-likeness (QED) is 0.486. The zero-order chi connectivity index (χ0) is 21.5. The zero-order valence-corrected chi connectivity index (χ0v) is 17.7. The van der Waals surface area contributed by atoms with E-state index in [9.17, 15) is 14.9 Å². The third-order valence-corrected chi connectivity index (χ3v) is 5.70. The van der Waals surface area contributed by atoms with E-state index in [4.69, 9.17) is 0 Å². The molecule has 1 aliphatic rings. The highest BCUT2D eigenvalue weighted by molar-refractivity contribution is 5.95. The van der Waals surface area contributed by atoms with E-state index in [2.05, 4.69) is 28.6 Å². The van der Waals surface area contributed by atoms with Crippen molar-refractivity contribution in [3.8, 4) is 0 Å². The number of nitrogens with zero attached hydrogens (tertiary/aromatic N) is 2. The van der Waals surface area contributed by atoms with Crippen LogP contribution < -0.4 is 10.6 Å². The van der Waals surface area contributed by atoms with Crippen LogP contribution in [0.15, 0.2) is 42.5 Å². The van der Waals surface area contributed by atoms with Crippen LogP contribution in [0.3, 0.4) is 0 Å². The highest BCUT2D eigenvalue weighted by atomic mass is 16.6. The number of carbonyl (C=O) groups is 1. The van der Waals surface area contributed by atoms with E-state index in [1.807, 2.05) is 18.2 Å². The van der Waals surface area contributed by atoms with Gasteiger partial charge >= 0.3 is 0 Å². The third-order valence-electron chi connectivity index (χ3n) is 5.70. The van der Waals surface area contributed by atoms with E-state index in [0.29, 0.717) is 6.04 Å². The monoisotopic (exact) mass is 410 g/mol. The second kappa shape index (κ2) is 10.2. The summed E-state index contributed by atoms with van der Waals surface area (Å²) in [4.78, 5) is 25.6. The van der Waals surface area contributed by atoms with Gasteiger partial charge in [-0.15, -0.1) is 0 Å². The van der Waals surface area contributed by atoms with E-state index in [1.54, 1.807) is 19.1 Å². The van der Waals surface area contributed by atoms with Crippen molar-refractivity contribution in [2.75, 3.05) is 24.2 Å². The van der Waals surface area contributed by atoms with Crippen molar-refractivity contribution in [1.29, 1.82) is 0 Å². The third kappa shape index (κ3) is 5.79. The maximum Gasteiger partial charge on any atom is 0.293 e. The van der Waals surface area contributed by atoms with Gasteiger partial charge in [-0.3, -0.25) is 19.8 Å². The van der Waals surface area contributed by atoms with E-state index >= 15 is 0 Å². The lowest BCUT2D eigenvalue weighted by atomic mass is 9.94. The molecule has 1 aliphatic carbocycles. The van der Waals surface area contributed by atoms with Crippen LogP contribution in [0, 0.1) is 17.0 Å². The van der Waals surface area contributed by atoms with Gasteiger partial charge in [0.25, 0.3) is 5.69 Å². The molecule has 0 aliphatic heterocycles. The Bertz CT molecular complexity index is 894. The van der Waals surface area contributed by atoms with Crippen molar-refractivity contribution >= 4 is 23.0 Å². The number of benzene rings is 2. The lowest BCUT2D eigenvalue weighted by Crippen LogP contribution is -2.33. The van der Waals surface area contributed by atoms with Crippen molar-refractivity contribution < 1.29 is 9.72 Å². The van der Waals surface area contributed by atoms with Crippen molar-refractivity contribution in [1.82, 2.24) is 4.90 Å². The number of rotatable bonds is 8. The van der Waals surface area contributed by atoms with Crippen LogP contribution in [0.4, 0.5) is 17.1 Å². The van der Waals surface area contributed by atoms with Gasteiger partial charge in [0, 0.05) is 24.3 Å². The number of amides is 1. The standard InChI is InChI=1S/C23H30N4O3/c1-17-12-13-21(22(14-17)27(29)30)25-23(28)15-24-20-11-7-6-8-18(20)16-26(2)19-9-4-3-5-10-19/h6-8,11-14,19,24H,3-5,9-10,15-16H2,1-2H3,(H,25,28). The first-order valence-electron chi connectivity index (χ1n) is 10.5. The molecule has 0 atom stereocenters. The van der Waals surface area contributed by atoms with Gasteiger partial charge in [0.15, 0.2) is 0 Å². The van der Waals surface area contributed by atoms with Gasteiger partial charge in [0.1, 0.15) is 5.69 Å². The summed E-state index contributed by atoms with van der Waals surface area (Å²) in [5.41, 5.74) is 2.93. The molecule has 2 aromatic carbocycles. The molecule has 1 saturated carbocycles. The molecule has 30 heavy (non-hydrogen) atoms. The summed E-state index contributed by atoms with van der Waals surface area (Å²) in [6.45, 7) is 2.63. The SMILES string of the molecule is Cc1ccc(NC(=O)CNc2ccccc2CN(C)C2CCCCC2)c([N+](=O)[O-])c1. The summed E-state index contributed by atoms with van der Waals surface area (Å²) in [7, 11) is 2.16. The predicted molar refractivity (Wildman–Crippen MR) is 120 cm³/mol. The minimum absolute atomic E-state index is 0.0369. The Morgan fingerprint density at radius 3 is 2.60 bits per heavy atom. The van der Waals surface area contributed by atoms with Gasteiger partial charge in [-0.05, 0) is 50.1 Å². The molecule has 1 amide bonds. The number of hydrogen-bond acceptors (Lipinski definition) is 5. The Morgan fingerprint density at radius 2 is 1.87 bits per heavy atom. The molecule has 160 valence electrons. The molecular weight excluding hydrogens is 380 g/mol. The fraction of sp³-hybridized carbons (Fsp3) is 0.435. The van der Waals surface area contributed by atoms with Gasteiger partial charge in [0.2, 0.25) is 5.91 Å². The maximum atomic E-state index is 12.4. The van der Waals surface area contributed by atoms with Crippen LogP contribution in [-0.4, -0.2) is 35.4 Å². The largest absolute Gasteiger partial charge is 0.376 e. The number of para-hydroxylation sites is 1. The Balaban J connectivity index is 1.61. The molecule has 0 bridgehead atoms. The number of nitro benzene ring substituents is 1. The van der Waals surface area contributed by atoms with Gasteiger partial charge < -0.3 is 10.6 Å². The summed E-state index contributed by atoms with van der Waals surface area (Å²) >= 11 is 0. The average molecular weight is 411 g/mol. The maximum absolute atomic E-state index is 12.4. The summed E-state index contributed by atoms with van der Waals surface area (Å²) in [5, 5.41) is 17.1. The van der Waals surface area contributed by atoms with Crippen molar-refractivity contribution in [2.45, 2.75) is 51.6 Å². The minimum Gasteiger partial charge on any atom is -0.376 e. The van der Waals surface area contributed by atoms with Gasteiger partial charge in [0.05, 0.1) is 11.5 Å². The van der Waals surface area contributed by atoms with Crippen LogP contribution in [0.25, 0.3) is 0 Å². The fourth-order valence-electron chi connectivity index (χ4n) is 4.02. The summed E-state index contributed by atoms with van der Waals surface area (Å²) in [6.07, 6.45) is 6.39. The van der Waals surface area contributed by atoms with Crippen LogP contribution >= 0.6 is 0 Å². The second-order valence-electron chi connectivity index (χ2n) is 8.04. The first-order chi connectivity index (χ1) is 14.4. The van der Waals surface area contributed by atoms with Crippen LogP contribution in [-0.2, 0) is 11.3 Å². The smallest absolute Gasteiger partial charge is 0.293 e. The normalized spacial score (nSPS) is 14.5. The van der Waals surface area contributed by atoms with Crippen molar-refractivity contribution in [2.24, 2.45) is 0 Å². The molecule has 7 nitrogen and oxygen atoms in total. The number of carbonyl (C=O) groups excluding carboxylic acids is 1. The molecule has 0 heterocycles. The van der Waals surface area contributed by atoms with Crippen LogP contribution in [0.1, 0.15) is 43.2 Å². The second-order valence-corrected chi connectivity index (χ2v) is 8.04. The number of nitro groups is 1. The fourth-order valence-corrected chi connectivity index (χ4v) is 4.02. The molecule has 2 aromatic rings. The van der Waals surface area contributed by atoms with E-state index in [-0.39, 0.29) is 23.8 Å². The van der Waals surface area contributed by atoms with Gasteiger partial charge in [-0.2, -0.15) is 0 Å². The highest BCUT2D eigenvalue weighted by Crippen LogP contribution is 2.26. The first kappa shape index (κ1) is 21.8. The minimum atomic E-state index is -0.480. The average Bonchev–Trinajstić information content (AvgIpc) is 2.75. The lowest BCUT2D eigenvalue weighted by molar-refractivity contribution is -0.384. The molecule has 7 heteroatoms. The Kier molecular flexibility index (Phi) is 7.41. The number of aryl methyl sites for hydroxylation is 1. The number of anilines is 2. The highest BCUT2D eigenvalue weighted by Gasteiger charge is 2.19. The van der Waals surface area contributed by atoms with Gasteiger partial charge in [-0.1, -0.05) is 43.5 Å². The van der Waals surface area contributed by atoms with Crippen LogP contribution in [0.2, 0.25) is 0 Å².